The summed E-state index contributed by atoms with van der Waals surface area (Å²) in [5, 5.41) is 3.34. The van der Waals surface area contributed by atoms with Crippen molar-refractivity contribution in [1.29, 1.82) is 0 Å². The largest absolute Gasteiger partial charge is 0.370 e. The molecule has 4 nitrogen and oxygen atoms in total. The SMILES string of the molecule is O=C(C1CCCCN1)N1CCOC(c2ccccc2)C1. The summed E-state index contributed by atoms with van der Waals surface area (Å²) in [7, 11) is 0. The Balaban J connectivity index is 1.64. The van der Waals surface area contributed by atoms with Crippen LogP contribution in [0.3, 0.4) is 0 Å². The lowest BCUT2D eigenvalue weighted by molar-refractivity contribution is -0.141. The van der Waals surface area contributed by atoms with E-state index in [-0.39, 0.29) is 18.1 Å². The van der Waals surface area contributed by atoms with Crippen molar-refractivity contribution in [3.63, 3.8) is 0 Å². The zero-order chi connectivity index (χ0) is 13.8. The fourth-order valence-electron chi connectivity index (χ4n) is 3.00. The highest BCUT2D eigenvalue weighted by Crippen LogP contribution is 2.23. The first-order valence-corrected chi connectivity index (χ1v) is 7.53. The van der Waals surface area contributed by atoms with E-state index in [0.717, 1.165) is 24.9 Å². The summed E-state index contributed by atoms with van der Waals surface area (Å²) >= 11 is 0. The number of hydrogen-bond acceptors (Lipinski definition) is 3. The maximum Gasteiger partial charge on any atom is 0.239 e. The van der Waals surface area contributed by atoms with E-state index < -0.39 is 0 Å². The van der Waals surface area contributed by atoms with Crippen LogP contribution < -0.4 is 5.32 Å². The molecule has 2 heterocycles. The lowest BCUT2D eigenvalue weighted by Crippen LogP contribution is -2.52. The monoisotopic (exact) mass is 274 g/mol. The molecule has 3 rings (SSSR count). The molecular weight excluding hydrogens is 252 g/mol. The summed E-state index contributed by atoms with van der Waals surface area (Å²) in [6.45, 7) is 2.96. The van der Waals surface area contributed by atoms with Gasteiger partial charge in [-0.2, -0.15) is 0 Å². The van der Waals surface area contributed by atoms with Crippen molar-refractivity contribution in [3.8, 4) is 0 Å². The molecule has 0 spiro atoms. The molecule has 2 aliphatic heterocycles. The van der Waals surface area contributed by atoms with E-state index in [4.69, 9.17) is 4.74 Å². The minimum atomic E-state index is 0.0116. The zero-order valence-corrected chi connectivity index (χ0v) is 11.8. The molecule has 2 aliphatic rings. The Morgan fingerprint density at radius 1 is 1.25 bits per heavy atom. The van der Waals surface area contributed by atoms with Crippen molar-refractivity contribution in [1.82, 2.24) is 10.2 Å². The molecule has 2 fully saturated rings. The van der Waals surface area contributed by atoms with Crippen LogP contribution >= 0.6 is 0 Å². The van der Waals surface area contributed by atoms with Gasteiger partial charge >= 0.3 is 0 Å². The zero-order valence-electron chi connectivity index (χ0n) is 11.8. The van der Waals surface area contributed by atoms with E-state index >= 15 is 0 Å². The Bertz CT molecular complexity index is 443. The van der Waals surface area contributed by atoms with Crippen LogP contribution in [-0.2, 0) is 9.53 Å². The number of benzene rings is 1. The van der Waals surface area contributed by atoms with Crippen LogP contribution in [0.15, 0.2) is 30.3 Å². The molecule has 0 saturated carbocycles. The molecule has 1 amide bonds. The maximum atomic E-state index is 12.5. The number of hydrogen-bond donors (Lipinski definition) is 1. The van der Waals surface area contributed by atoms with Gasteiger partial charge in [0, 0.05) is 6.54 Å². The second-order valence-electron chi connectivity index (χ2n) is 5.56. The molecule has 20 heavy (non-hydrogen) atoms. The van der Waals surface area contributed by atoms with Crippen LogP contribution in [0.1, 0.15) is 30.9 Å². The first-order valence-electron chi connectivity index (χ1n) is 7.53. The summed E-state index contributed by atoms with van der Waals surface area (Å²) in [6.07, 6.45) is 3.30. The second-order valence-corrected chi connectivity index (χ2v) is 5.56. The molecule has 4 heteroatoms. The number of nitrogens with zero attached hydrogens (tertiary/aromatic N) is 1. The molecule has 2 atom stereocenters. The van der Waals surface area contributed by atoms with Gasteiger partial charge in [-0.15, -0.1) is 0 Å². The molecule has 1 aromatic rings. The van der Waals surface area contributed by atoms with E-state index in [0.29, 0.717) is 19.7 Å². The third-order valence-corrected chi connectivity index (χ3v) is 4.16. The van der Waals surface area contributed by atoms with E-state index in [1.165, 1.54) is 6.42 Å². The van der Waals surface area contributed by atoms with Gasteiger partial charge in [0.1, 0.15) is 6.10 Å². The van der Waals surface area contributed by atoms with E-state index in [9.17, 15) is 4.79 Å². The number of rotatable bonds is 2. The summed E-state index contributed by atoms with van der Waals surface area (Å²) in [5.74, 6) is 0.244. The molecule has 0 bridgehead atoms. The predicted octanol–water partition coefficient (Wildman–Crippen LogP) is 1.73. The molecule has 0 radical (unpaired) electrons. The van der Waals surface area contributed by atoms with Gasteiger partial charge in [0.25, 0.3) is 0 Å². The van der Waals surface area contributed by atoms with Crippen molar-refractivity contribution >= 4 is 5.91 Å². The predicted molar refractivity (Wildman–Crippen MR) is 77.4 cm³/mol. The van der Waals surface area contributed by atoms with E-state index in [1.54, 1.807) is 0 Å². The standard InChI is InChI=1S/C16H22N2O2/c19-16(14-8-4-5-9-17-14)18-10-11-20-15(12-18)13-6-2-1-3-7-13/h1-3,6-7,14-15,17H,4-5,8-12H2. The molecule has 0 aliphatic carbocycles. The Hall–Kier alpha value is -1.39. The maximum absolute atomic E-state index is 12.5. The normalized spacial score (nSPS) is 27.3. The quantitative estimate of drug-likeness (QED) is 0.893. The topological polar surface area (TPSA) is 41.6 Å². The van der Waals surface area contributed by atoms with Crippen molar-refractivity contribution < 1.29 is 9.53 Å². The number of nitrogens with one attached hydrogen (secondary N) is 1. The van der Waals surface area contributed by atoms with Gasteiger partial charge in [-0.25, -0.2) is 0 Å². The summed E-state index contributed by atoms with van der Waals surface area (Å²) < 4.78 is 5.82. The van der Waals surface area contributed by atoms with Gasteiger partial charge in [0.15, 0.2) is 0 Å². The highest BCUT2D eigenvalue weighted by atomic mass is 16.5. The average molecular weight is 274 g/mol. The van der Waals surface area contributed by atoms with Gasteiger partial charge in [-0.1, -0.05) is 36.8 Å². The molecule has 2 unspecified atom stereocenters. The number of piperidine rings is 1. The summed E-state index contributed by atoms with van der Waals surface area (Å²) in [6, 6.07) is 10.2. The molecule has 0 aromatic heterocycles. The Kier molecular flexibility index (Phi) is 4.33. The van der Waals surface area contributed by atoms with Crippen LogP contribution in [0.2, 0.25) is 0 Å². The minimum absolute atomic E-state index is 0.0116. The van der Waals surface area contributed by atoms with Crippen molar-refractivity contribution in [3.05, 3.63) is 35.9 Å². The average Bonchev–Trinajstić information content (AvgIpc) is 2.56. The van der Waals surface area contributed by atoms with Crippen LogP contribution in [0, 0.1) is 0 Å². The van der Waals surface area contributed by atoms with E-state index in [1.807, 2.05) is 23.1 Å². The number of carbonyl (C=O) groups is 1. The molecular formula is C16H22N2O2. The number of morpholine rings is 1. The second kappa shape index (κ2) is 6.37. The minimum Gasteiger partial charge on any atom is -0.370 e. The summed E-state index contributed by atoms with van der Waals surface area (Å²) in [4.78, 5) is 14.5. The third-order valence-electron chi connectivity index (χ3n) is 4.16. The van der Waals surface area contributed by atoms with Gasteiger partial charge < -0.3 is 15.0 Å². The molecule has 1 aromatic carbocycles. The van der Waals surface area contributed by atoms with Gasteiger partial charge in [0.2, 0.25) is 5.91 Å². The van der Waals surface area contributed by atoms with Gasteiger partial charge in [-0.05, 0) is 24.9 Å². The van der Waals surface area contributed by atoms with Crippen LogP contribution in [0.25, 0.3) is 0 Å². The highest BCUT2D eigenvalue weighted by Gasteiger charge is 2.30. The molecule has 2 saturated heterocycles. The van der Waals surface area contributed by atoms with Crippen molar-refractivity contribution in [2.45, 2.75) is 31.4 Å². The van der Waals surface area contributed by atoms with Crippen molar-refractivity contribution in [2.24, 2.45) is 0 Å². The van der Waals surface area contributed by atoms with Gasteiger partial charge in [-0.3, -0.25) is 4.79 Å². The Labute approximate surface area is 120 Å². The molecule has 1 N–H and O–H groups in total. The first kappa shape index (κ1) is 13.6. The smallest absolute Gasteiger partial charge is 0.239 e. The number of amides is 1. The fraction of sp³-hybridized carbons (Fsp3) is 0.562. The fourth-order valence-corrected chi connectivity index (χ4v) is 3.00. The van der Waals surface area contributed by atoms with E-state index in [2.05, 4.69) is 17.4 Å². The van der Waals surface area contributed by atoms with Crippen LogP contribution in [-0.4, -0.2) is 43.1 Å². The van der Waals surface area contributed by atoms with Crippen molar-refractivity contribution in [2.75, 3.05) is 26.2 Å². The lowest BCUT2D eigenvalue weighted by atomic mass is 10.0. The summed E-state index contributed by atoms with van der Waals surface area (Å²) in [5.41, 5.74) is 1.15. The van der Waals surface area contributed by atoms with Crippen LogP contribution in [0.4, 0.5) is 0 Å². The third kappa shape index (κ3) is 3.02. The Morgan fingerprint density at radius 2 is 2.10 bits per heavy atom. The molecule has 108 valence electrons. The number of ether oxygens (including phenoxy) is 1. The first-order chi connectivity index (χ1) is 9.84. The van der Waals surface area contributed by atoms with Crippen LogP contribution in [0.5, 0.6) is 0 Å². The number of carbonyl (C=O) groups excluding carboxylic acids is 1. The van der Waals surface area contributed by atoms with Gasteiger partial charge in [0.05, 0.1) is 19.2 Å². The lowest BCUT2D eigenvalue weighted by Gasteiger charge is -2.36. The highest BCUT2D eigenvalue weighted by molar-refractivity contribution is 5.82. The Morgan fingerprint density at radius 3 is 2.85 bits per heavy atom.